The van der Waals surface area contributed by atoms with E-state index in [1.54, 1.807) is 23.7 Å². The Bertz CT molecular complexity index is 539. The normalized spacial score (nSPS) is 12.9. The van der Waals surface area contributed by atoms with E-state index in [1.807, 2.05) is 6.92 Å². The maximum absolute atomic E-state index is 10.8. The van der Waals surface area contributed by atoms with Crippen molar-refractivity contribution in [2.75, 3.05) is 0 Å². The number of fused-ring (bicyclic) bond motifs is 1. The lowest BCUT2D eigenvalue weighted by atomic mass is 10.5. The summed E-state index contributed by atoms with van der Waals surface area (Å²) in [6.07, 6.45) is 3.36. The molecule has 0 fully saturated rings. The van der Waals surface area contributed by atoms with Crippen LogP contribution in [0.2, 0.25) is 0 Å². The van der Waals surface area contributed by atoms with Gasteiger partial charge in [0.25, 0.3) is 0 Å². The number of carboxylic acid groups (broad SMARTS) is 1. The van der Waals surface area contributed by atoms with Crippen molar-refractivity contribution in [2.45, 2.75) is 24.1 Å². The molecular formula is C9H10N4O2S. The lowest BCUT2D eigenvalue weighted by molar-refractivity contribution is -0.136. The van der Waals surface area contributed by atoms with Crippen LogP contribution in [0.15, 0.2) is 17.4 Å². The monoisotopic (exact) mass is 238 g/mol. The van der Waals surface area contributed by atoms with Crippen LogP contribution in [0.3, 0.4) is 0 Å². The summed E-state index contributed by atoms with van der Waals surface area (Å²) in [4.78, 5) is 14.9. The first-order valence-electron chi connectivity index (χ1n) is 4.65. The Morgan fingerprint density at radius 1 is 1.56 bits per heavy atom. The predicted octanol–water partition coefficient (Wildman–Crippen LogP) is 0.998. The quantitative estimate of drug-likeness (QED) is 0.803. The molecule has 0 spiro atoms. The highest BCUT2D eigenvalue weighted by Crippen LogP contribution is 2.24. The van der Waals surface area contributed by atoms with Gasteiger partial charge in [0, 0.05) is 12.4 Å². The molecule has 7 heteroatoms. The summed E-state index contributed by atoms with van der Waals surface area (Å²) < 4.78 is 1.78. The highest BCUT2D eigenvalue weighted by atomic mass is 32.2. The van der Waals surface area contributed by atoms with Crippen LogP contribution in [-0.2, 0) is 4.79 Å². The van der Waals surface area contributed by atoms with Gasteiger partial charge in [-0.25, -0.2) is 4.98 Å². The molecule has 1 unspecified atom stereocenters. The summed E-state index contributed by atoms with van der Waals surface area (Å²) in [5.41, 5.74) is 0.595. The van der Waals surface area contributed by atoms with Crippen LogP contribution in [-0.4, -0.2) is 35.9 Å². The van der Waals surface area contributed by atoms with Crippen molar-refractivity contribution in [1.29, 1.82) is 0 Å². The Balaban J connectivity index is 2.41. The Hall–Kier alpha value is -1.63. The summed E-state index contributed by atoms with van der Waals surface area (Å²) >= 11 is 1.16. The minimum Gasteiger partial charge on any atom is -0.480 e. The fourth-order valence-electron chi connectivity index (χ4n) is 1.22. The third kappa shape index (κ3) is 1.85. The Kier molecular flexibility index (Phi) is 2.78. The minimum absolute atomic E-state index is 0.560. The van der Waals surface area contributed by atoms with Crippen LogP contribution in [0.5, 0.6) is 0 Å². The average molecular weight is 238 g/mol. The van der Waals surface area contributed by atoms with E-state index in [2.05, 4.69) is 15.2 Å². The molecule has 0 saturated carbocycles. The topological polar surface area (TPSA) is 80.4 Å². The third-order valence-corrected chi connectivity index (χ3v) is 3.17. The van der Waals surface area contributed by atoms with E-state index in [-0.39, 0.29) is 0 Å². The lowest BCUT2D eigenvalue weighted by Gasteiger charge is -2.05. The van der Waals surface area contributed by atoms with Gasteiger partial charge in [-0.3, -0.25) is 9.20 Å². The van der Waals surface area contributed by atoms with E-state index in [0.29, 0.717) is 10.7 Å². The molecule has 0 bridgehead atoms. The van der Waals surface area contributed by atoms with Gasteiger partial charge in [-0.2, -0.15) is 0 Å². The van der Waals surface area contributed by atoms with Gasteiger partial charge >= 0.3 is 5.97 Å². The maximum atomic E-state index is 10.8. The SMILES string of the molecule is Cc1nnc2c(SC(C)C(=O)O)nccn12. The zero-order valence-corrected chi connectivity index (χ0v) is 9.60. The van der Waals surface area contributed by atoms with E-state index >= 15 is 0 Å². The van der Waals surface area contributed by atoms with E-state index in [1.165, 1.54) is 0 Å². The first kappa shape index (κ1) is 10.9. The molecule has 0 aliphatic heterocycles. The van der Waals surface area contributed by atoms with Crippen LogP contribution in [0.4, 0.5) is 0 Å². The lowest BCUT2D eigenvalue weighted by Crippen LogP contribution is -2.11. The van der Waals surface area contributed by atoms with Crippen molar-refractivity contribution in [3.05, 3.63) is 18.2 Å². The molecular weight excluding hydrogens is 228 g/mol. The third-order valence-electron chi connectivity index (χ3n) is 2.10. The summed E-state index contributed by atoms with van der Waals surface area (Å²) in [6.45, 7) is 3.44. The highest BCUT2D eigenvalue weighted by Gasteiger charge is 2.16. The molecule has 2 heterocycles. The molecule has 84 valence electrons. The van der Waals surface area contributed by atoms with Crippen LogP contribution in [0.1, 0.15) is 12.7 Å². The van der Waals surface area contributed by atoms with Crippen molar-refractivity contribution < 1.29 is 9.90 Å². The van der Waals surface area contributed by atoms with Crippen LogP contribution >= 0.6 is 11.8 Å². The standard InChI is InChI=1S/C9H10N4O2S/c1-5(9(14)15)16-8-7-12-11-6(2)13(7)4-3-10-8/h3-5H,1-2H3,(H,14,15). The first-order chi connectivity index (χ1) is 7.59. The zero-order chi connectivity index (χ0) is 11.7. The fraction of sp³-hybridized carbons (Fsp3) is 0.333. The Labute approximate surface area is 95.7 Å². The first-order valence-corrected chi connectivity index (χ1v) is 5.53. The summed E-state index contributed by atoms with van der Waals surface area (Å²) in [5.74, 6) is -0.118. The molecule has 1 atom stereocenters. The van der Waals surface area contributed by atoms with Gasteiger partial charge in [0.1, 0.15) is 16.1 Å². The van der Waals surface area contributed by atoms with Gasteiger partial charge in [-0.05, 0) is 13.8 Å². The summed E-state index contributed by atoms with van der Waals surface area (Å²) in [7, 11) is 0. The number of hydrogen-bond acceptors (Lipinski definition) is 5. The van der Waals surface area contributed by atoms with Gasteiger partial charge in [-0.1, -0.05) is 11.8 Å². The van der Waals surface area contributed by atoms with Crippen molar-refractivity contribution >= 4 is 23.4 Å². The molecule has 16 heavy (non-hydrogen) atoms. The maximum Gasteiger partial charge on any atom is 0.316 e. The van der Waals surface area contributed by atoms with Crippen LogP contribution < -0.4 is 0 Å². The number of nitrogens with zero attached hydrogens (tertiary/aromatic N) is 4. The zero-order valence-electron chi connectivity index (χ0n) is 8.78. The molecule has 0 aliphatic rings. The number of carboxylic acids is 1. The Morgan fingerprint density at radius 2 is 2.31 bits per heavy atom. The molecule has 2 aromatic heterocycles. The molecule has 2 rings (SSSR count). The molecule has 2 aromatic rings. The number of rotatable bonds is 3. The smallest absolute Gasteiger partial charge is 0.316 e. The average Bonchev–Trinajstić information content (AvgIpc) is 2.62. The predicted molar refractivity (Wildman–Crippen MR) is 58.5 cm³/mol. The van der Waals surface area contributed by atoms with E-state index in [4.69, 9.17) is 5.11 Å². The van der Waals surface area contributed by atoms with E-state index < -0.39 is 11.2 Å². The second-order valence-corrected chi connectivity index (χ2v) is 4.60. The van der Waals surface area contributed by atoms with Gasteiger partial charge in [-0.15, -0.1) is 10.2 Å². The van der Waals surface area contributed by atoms with Crippen LogP contribution in [0.25, 0.3) is 5.65 Å². The second-order valence-electron chi connectivity index (χ2n) is 3.27. The van der Waals surface area contributed by atoms with Gasteiger partial charge in [0.05, 0.1) is 0 Å². The van der Waals surface area contributed by atoms with Gasteiger partial charge in [0.2, 0.25) is 0 Å². The minimum atomic E-state index is -0.870. The van der Waals surface area contributed by atoms with Crippen molar-refractivity contribution in [3.63, 3.8) is 0 Å². The van der Waals surface area contributed by atoms with Crippen molar-refractivity contribution in [3.8, 4) is 0 Å². The number of aliphatic carboxylic acids is 1. The summed E-state index contributed by atoms with van der Waals surface area (Å²) in [6, 6.07) is 0. The number of aromatic nitrogens is 4. The number of hydrogen-bond donors (Lipinski definition) is 1. The molecule has 0 radical (unpaired) electrons. The number of thioether (sulfide) groups is 1. The molecule has 0 amide bonds. The fourth-order valence-corrected chi connectivity index (χ4v) is 2.02. The van der Waals surface area contributed by atoms with Crippen molar-refractivity contribution in [2.24, 2.45) is 0 Å². The van der Waals surface area contributed by atoms with Gasteiger partial charge in [0.15, 0.2) is 5.65 Å². The Morgan fingerprint density at radius 3 is 3.00 bits per heavy atom. The highest BCUT2D eigenvalue weighted by molar-refractivity contribution is 8.00. The number of carbonyl (C=O) groups is 1. The molecule has 0 saturated heterocycles. The van der Waals surface area contributed by atoms with Gasteiger partial charge < -0.3 is 5.11 Å². The van der Waals surface area contributed by atoms with E-state index in [9.17, 15) is 4.79 Å². The molecule has 6 nitrogen and oxygen atoms in total. The molecule has 0 aromatic carbocycles. The largest absolute Gasteiger partial charge is 0.480 e. The van der Waals surface area contributed by atoms with Crippen molar-refractivity contribution in [1.82, 2.24) is 19.6 Å². The van der Waals surface area contributed by atoms with E-state index in [0.717, 1.165) is 17.6 Å². The number of aryl methyl sites for hydroxylation is 1. The summed E-state index contributed by atoms with van der Waals surface area (Å²) in [5, 5.41) is 16.7. The second kappa shape index (κ2) is 4.09. The molecule has 0 aliphatic carbocycles. The molecule has 1 N–H and O–H groups in total. The van der Waals surface area contributed by atoms with Crippen LogP contribution in [0, 0.1) is 6.92 Å².